The number of aromatic nitrogens is 1. The van der Waals surface area contributed by atoms with Crippen molar-refractivity contribution in [2.24, 2.45) is 0 Å². The molecule has 0 unspecified atom stereocenters. The van der Waals surface area contributed by atoms with E-state index in [0.717, 1.165) is 16.3 Å². The molecule has 0 saturated carbocycles. The number of pyridine rings is 1. The summed E-state index contributed by atoms with van der Waals surface area (Å²) in [5.41, 5.74) is 1.60. The molecule has 26 heavy (non-hydrogen) atoms. The number of carbonyl (C=O) groups excluding carboxylic acids is 2. The quantitative estimate of drug-likeness (QED) is 0.745. The maximum Gasteiger partial charge on any atom is 0.253 e. The molecule has 5 nitrogen and oxygen atoms in total. The Morgan fingerprint density at radius 3 is 2.54 bits per heavy atom. The number of benzene rings is 2. The Morgan fingerprint density at radius 2 is 1.73 bits per heavy atom. The minimum absolute atomic E-state index is 0.00908. The van der Waals surface area contributed by atoms with Crippen LogP contribution in [-0.2, 0) is 11.3 Å². The van der Waals surface area contributed by atoms with Crippen LogP contribution in [0.15, 0.2) is 67.0 Å². The molecule has 0 fully saturated rings. The highest BCUT2D eigenvalue weighted by atomic mass is 16.2. The molecule has 2 aromatic carbocycles. The summed E-state index contributed by atoms with van der Waals surface area (Å²) in [5, 5.41) is 4.58. The van der Waals surface area contributed by atoms with Crippen LogP contribution in [0.5, 0.6) is 0 Å². The molecule has 0 aliphatic rings. The largest absolute Gasteiger partial charge is 0.351 e. The van der Waals surface area contributed by atoms with Crippen molar-refractivity contribution in [3.63, 3.8) is 0 Å². The van der Waals surface area contributed by atoms with Gasteiger partial charge in [-0.15, -0.1) is 0 Å². The van der Waals surface area contributed by atoms with Crippen molar-refractivity contribution in [1.29, 1.82) is 0 Å². The van der Waals surface area contributed by atoms with Gasteiger partial charge in [0.15, 0.2) is 0 Å². The highest BCUT2D eigenvalue weighted by Gasteiger charge is 2.12. The Balaban J connectivity index is 1.54. The van der Waals surface area contributed by atoms with Crippen molar-refractivity contribution < 1.29 is 9.59 Å². The first-order chi connectivity index (χ1) is 12.6. The number of carbonyl (C=O) groups is 2. The molecule has 132 valence electrons. The normalized spacial score (nSPS) is 10.5. The zero-order chi connectivity index (χ0) is 18.4. The third-order valence-corrected chi connectivity index (χ3v) is 4.23. The summed E-state index contributed by atoms with van der Waals surface area (Å²) in [5.74, 6) is -0.224. The predicted octanol–water partition coefficient (Wildman–Crippen LogP) is 3.01. The number of nitrogens with one attached hydrogen (secondary N) is 1. The van der Waals surface area contributed by atoms with E-state index < -0.39 is 0 Å². The molecular weight excluding hydrogens is 326 g/mol. The second kappa shape index (κ2) is 8.25. The summed E-state index contributed by atoms with van der Waals surface area (Å²) in [7, 11) is 1.77. The summed E-state index contributed by atoms with van der Waals surface area (Å²) in [6.07, 6.45) is 3.54. The molecule has 0 aliphatic heterocycles. The standard InChI is InChI=1S/C21H21N3O2/c1-24(15-16-7-3-2-4-8-16)20(25)11-12-23-21(26)19-14-22-13-17-9-5-6-10-18(17)19/h2-10,13-14H,11-12,15H2,1H3,(H,23,26). The molecule has 0 saturated heterocycles. The van der Waals surface area contributed by atoms with Crippen molar-refractivity contribution in [3.05, 3.63) is 78.1 Å². The summed E-state index contributed by atoms with van der Waals surface area (Å²) in [4.78, 5) is 30.4. The van der Waals surface area contributed by atoms with Gasteiger partial charge in [0.1, 0.15) is 0 Å². The van der Waals surface area contributed by atoms with E-state index in [9.17, 15) is 9.59 Å². The van der Waals surface area contributed by atoms with E-state index in [1.54, 1.807) is 24.3 Å². The van der Waals surface area contributed by atoms with Crippen LogP contribution in [0.1, 0.15) is 22.3 Å². The summed E-state index contributed by atoms with van der Waals surface area (Å²) in [6.45, 7) is 0.848. The zero-order valence-electron chi connectivity index (χ0n) is 14.7. The summed E-state index contributed by atoms with van der Waals surface area (Å²) in [6, 6.07) is 17.4. The van der Waals surface area contributed by atoms with Gasteiger partial charge in [0, 0.05) is 44.3 Å². The van der Waals surface area contributed by atoms with Gasteiger partial charge in [-0.05, 0) is 10.9 Å². The first-order valence-electron chi connectivity index (χ1n) is 8.54. The summed E-state index contributed by atoms with van der Waals surface area (Å²) >= 11 is 0. The number of hydrogen-bond donors (Lipinski definition) is 1. The molecule has 5 heteroatoms. The average molecular weight is 347 g/mol. The molecule has 1 N–H and O–H groups in total. The van der Waals surface area contributed by atoms with Gasteiger partial charge < -0.3 is 10.2 Å². The lowest BCUT2D eigenvalue weighted by Gasteiger charge is -2.17. The Bertz CT molecular complexity index is 904. The molecule has 0 bridgehead atoms. The minimum Gasteiger partial charge on any atom is -0.351 e. The highest BCUT2D eigenvalue weighted by Crippen LogP contribution is 2.16. The van der Waals surface area contributed by atoms with Crippen molar-refractivity contribution >= 4 is 22.6 Å². The van der Waals surface area contributed by atoms with Crippen LogP contribution >= 0.6 is 0 Å². The Hall–Kier alpha value is -3.21. The van der Waals surface area contributed by atoms with Gasteiger partial charge in [0.2, 0.25) is 5.91 Å². The maximum absolute atomic E-state index is 12.4. The topological polar surface area (TPSA) is 62.3 Å². The van der Waals surface area contributed by atoms with E-state index in [0.29, 0.717) is 18.7 Å². The van der Waals surface area contributed by atoms with Crippen LogP contribution in [-0.4, -0.2) is 35.3 Å². The summed E-state index contributed by atoms with van der Waals surface area (Å²) < 4.78 is 0. The average Bonchev–Trinajstić information content (AvgIpc) is 2.68. The monoisotopic (exact) mass is 347 g/mol. The molecule has 0 aliphatic carbocycles. The lowest BCUT2D eigenvalue weighted by molar-refractivity contribution is -0.130. The van der Waals surface area contributed by atoms with E-state index in [1.807, 2.05) is 54.6 Å². The lowest BCUT2D eigenvalue weighted by atomic mass is 10.1. The van der Waals surface area contributed by atoms with Gasteiger partial charge in [-0.25, -0.2) is 0 Å². The fraction of sp³-hybridized carbons (Fsp3) is 0.190. The number of amides is 2. The van der Waals surface area contributed by atoms with Gasteiger partial charge in [0.25, 0.3) is 5.91 Å². The van der Waals surface area contributed by atoms with Gasteiger partial charge in [0.05, 0.1) is 5.56 Å². The van der Waals surface area contributed by atoms with Gasteiger partial charge in [-0.1, -0.05) is 54.6 Å². The Morgan fingerprint density at radius 1 is 1.00 bits per heavy atom. The lowest BCUT2D eigenvalue weighted by Crippen LogP contribution is -2.32. The molecule has 3 aromatic rings. The predicted molar refractivity (Wildman–Crippen MR) is 102 cm³/mol. The number of hydrogen-bond acceptors (Lipinski definition) is 3. The van der Waals surface area contributed by atoms with E-state index >= 15 is 0 Å². The Kier molecular flexibility index (Phi) is 5.59. The Labute approximate surface area is 152 Å². The van der Waals surface area contributed by atoms with Crippen LogP contribution < -0.4 is 5.32 Å². The van der Waals surface area contributed by atoms with E-state index in [1.165, 1.54) is 0 Å². The third-order valence-electron chi connectivity index (χ3n) is 4.23. The maximum atomic E-state index is 12.4. The van der Waals surface area contributed by atoms with Crippen molar-refractivity contribution in [3.8, 4) is 0 Å². The smallest absolute Gasteiger partial charge is 0.253 e. The molecular formula is C21H21N3O2. The first kappa shape index (κ1) is 17.6. The molecule has 2 amide bonds. The molecule has 1 heterocycles. The van der Waals surface area contributed by atoms with Gasteiger partial charge >= 0.3 is 0 Å². The molecule has 0 atom stereocenters. The second-order valence-corrected chi connectivity index (χ2v) is 6.15. The fourth-order valence-electron chi connectivity index (χ4n) is 2.81. The number of rotatable bonds is 6. The van der Waals surface area contributed by atoms with Crippen molar-refractivity contribution in [1.82, 2.24) is 15.2 Å². The fourth-order valence-corrected chi connectivity index (χ4v) is 2.81. The van der Waals surface area contributed by atoms with E-state index in [-0.39, 0.29) is 18.2 Å². The van der Waals surface area contributed by atoms with E-state index in [4.69, 9.17) is 0 Å². The van der Waals surface area contributed by atoms with Crippen LogP contribution in [0, 0.1) is 0 Å². The molecule has 3 rings (SSSR count). The first-order valence-corrected chi connectivity index (χ1v) is 8.54. The third kappa shape index (κ3) is 4.25. The van der Waals surface area contributed by atoms with E-state index in [2.05, 4.69) is 10.3 Å². The van der Waals surface area contributed by atoms with Crippen molar-refractivity contribution in [2.75, 3.05) is 13.6 Å². The van der Waals surface area contributed by atoms with Crippen LogP contribution in [0.2, 0.25) is 0 Å². The van der Waals surface area contributed by atoms with Gasteiger partial charge in [-0.3, -0.25) is 14.6 Å². The SMILES string of the molecule is CN(Cc1ccccc1)C(=O)CCNC(=O)c1cncc2ccccc12. The number of nitrogens with zero attached hydrogens (tertiary/aromatic N) is 2. The highest BCUT2D eigenvalue weighted by molar-refractivity contribution is 6.06. The van der Waals surface area contributed by atoms with Crippen LogP contribution in [0.25, 0.3) is 10.8 Å². The molecule has 1 aromatic heterocycles. The molecule has 0 radical (unpaired) electrons. The second-order valence-electron chi connectivity index (χ2n) is 6.15. The van der Waals surface area contributed by atoms with Crippen LogP contribution in [0.4, 0.5) is 0 Å². The van der Waals surface area contributed by atoms with Gasteiger partial charge in [-0.2, -0.15) is 0 Å². The minimum atomic E-state index is -0.215. The van der Waals surface area contributed by atoms with Crippen LogP contribution in [0.3, 0.4) is 0 Å². The van der Waals surface area contributed by atoms with Crippen molar-refractivity contribution in [2.45, 2.75) is 13.0 Å². The zero-order valence-corrected chi connectivity index (χ0v) is 14.7. The number of fused-ring (bicyclic) bond motifs is 1. The molecule has 0 spiro atoms.